The third kappa shape index (κ3) is 5.09. The first kappa shape index (κ1) is 21.6. The van der Waals surface area contributed by atoms with Gasteiger partial charge in [0.2, 0.25) is 0 Å². The Balaban J connectivity index is 1.89. The van der Waals surface area contributed by atoms with E-state index < -0.39 is 0 Å². The molecule has 148 valence electrons. The van der Waals surface area contributed by atoms with Gasteiger partial charge in [-0.15, -0.1) is 6.42 Å². The number of rotatable bonds is 5. The Bertz CT molecular complexity index is 1080. The molecule has 1 fully saturated rings. The van der Waals surface area contributed by atoms with Crippen LogP contribution in [0.5, 0.6) is 11.5 Å². The highest BCUT2D eigenvalue weighted by Crippen LogP contribution is 2.39. The van der Waals surface area contributed by atoms with Gasteiger partial charge in [0.05, 0.1) is 32.2 Å². The van der Waals surface area contributed by atoms with Crippen LogP contribution in [0.4, 0.5) is 5.69 Å². The first-order chi connectivity index (χ1) is 13.9. The Labute approximate surface area is 190 Å². The minimum atomic E-state index is -0.269. The molecular weight excluding hydrogens is 499 g/mol. The predicted molar refractivity (Wildman–Crippen MR) is 122 cm³/mol. The summed E-state index contributed by atoms with van der Waals surface area (Å²) in [6, 6.07) is 8.67. The van der Waals surface area contributed by atoms with Crippen LogP contribution < -0.4 is 14.8 Å². The summed E-state index contributed by atoms with van der Waals surface area (Å²) in [5, 5.41) is 3.84. The maximum Gasteiger partial charge on any atom is 0.264 e. The SMILES string of the molecule is C#CCOc1c(Br)cc(/C=C2/SC(=Nc3cccc(Cl)c3Cl)NC2=O)cc1OC. The molecule has 1 amide bonds. The Morgan fingerprint density at radius 2 is 2.17 bits per heavy atom. The normalized spacial score (nSPS) is 16.0. The number of halogens is 3. The van der Waals surface area contributed by atoms with Crippen LogP contribution in [0, 0.1) is 12.3 Å². The van der Waals surface area contributed by atoms with E-state index in [4.69, 9.17) is 39.1 Å². The molecule has 0 radical (unpaired) electrons. The zero-order chi connectivity index (χ0) is 21.0. The lowest BCUT2D eigenvalue weighted by molar-refractivity contribution is -0.115. The first-order valence-electron chi connectivity index (χ1n) is 8.10. The van der Waals surface area contributed by atoms with Crippen LogP contribution in [0.1, 0.15) is 5.56 Å². The number of thioether (sulfide) groups is 1. The fourth-order valence-electron chi connectivity index (χ4n) is 2.40. The smallest absolute Gasteiger partial charge is 0.264 e. The van der Waals surface area contributed by atoms with Gasteiger partial charge in [0, 0.05) is 0 Å². The van der Waals surface area contributed by atoms with Crippen molar-refractivity contribution in [3.05, 3.63) is 55.3 Å². The number of nitrogens with one attached hydrogen (secondary N) is 1. The second-order valence-electron chi connectivity index (χ2n) is 5.58. The molecule has 0 aromatic heterocycles. The van der Waals surface area contributed by atoms with Gasteiger partial charge in [0.25, 0.3) is 5.91 Å². The summed E-state index contributed by atoms with van der Waals surface area (Å²) in [4.78, 5) is 17.2. The van der Waals surface area contributed by atoms with E-state index in [0.717, 1.165) is 5.56 Å². The van der Waals surface area contributed by atoms with E-state index in [0.29, 0.717) is 41.8 Å². The van der Waals surface area contributed by atoms with Crippen LogP contribution in [0.15, 0.2) is 44.7 Å². The molecule has 5 nitrogen and oxygen atoms in total. The second kappa shape index (κ2) is 9.59. The number of amides is 1. The average molecular weight is 512 g/mol. The van der Waals surface area contributed by atoms with Gasteiger partial charge in [-0.25, -0.2) is 4.99 Å². The van der Waals surface area contributed by atoms with Crippen LogP contribution in [0.3, 0.4) is 0 Å². The summed E-state index contributed by atoms with van der Waals surface area (Å²) < 4.78 is 11.5. The van der Waals surface area contributed by atoms with E-state index in [9.17, 15) is 4.79 Å². The van der Waals surface area contributed by atoms with Gasteiger partial charge in [0.15, 0.2) is 16.7 Å². The summed E-state index contributed by atoms with van der Waals surface area (Å²) in [5.41, 5.74) is 1.21. The highest BCUT2D eigenvalue weighted by atomic mass is 79.9. The van der Waals surface area contributed by atoms with Crippen molar-refractivity contribution in [3.8, 4) is 23.8 Å². The minimum Gasteiger partial charge on any atom is -0.493 e. The van der Waals surface area contributed by atoms with Crippen molar-refractivity contribution in [2.45, 2.75) is 0 Å². The molecule has 3 rings (SSSR count). The van der Waals surface area contributed by atoms with Crippen LogP contribution in [0.2, 0.25) is 10.0 Å². The van der Waals surface area contributed by atoms with Gasteiger partial charge in [-0.3, -0.25) is 4.79 Å². The highest BCUT2D eigenvalue weighted by Gasteiger charge is 2.24. The lowest BCUT2D eigenvalue weighted by Gasteiger charge is -2.12. The Kier molecular flexibility index (Phi) is 7.14. The van der Waals surface area contributed by atoms with E-state index in [1.807, 2.05) is 0 Å². The van der Waals surface area contributed by atoms with Gasteiger partial charge in [0.1, 0.15) is 6.61 Å². The fraction of sp³-hybridized carbons (Fsp3) is 0.100. The van der Waals surface area contributed by atoms with E-state index in [-0.39, 0.29) is 12.5 Å². The van der Waals surface area contributed by atoms with Crippen LogP contribution in [0.25, 0.3) is 6.08 Å². The first-order valence-corrected chi connectivity index (χ1v) is 10.5. The van der Waals surface area contributed by atoms with Crippen molar-refractivity contribution in [1.29, 1.82) is 0 Å². The molecule has 1 heterocycles. The Morgan fingerprint density at radius 3 is 2.90 bits per heavy atom. The molecule has 2 aromatic carbocycles. The number of nitrogens with zero attached hydrogens (tertiary/aromatic N) is 1. The van der Waals surface area contributed by atoms with Crippen LogP contribution >= 0.6 is 50.9 Å². The molecule has 9 heteroatoms. The molecule has 0 saturated carbocycles. The minimum absolute atomic E-state index is 0.111. The Morgan fingerprint density at radius 1 is 1.38 bits per heavy atom. The predicted octanol–water partition coefficient (Wildman–Crippen LogP) is 5.67. The van der Waals surface area contributed by atoms with Gasteiger partial charge >= 0.3 is 0 Å². The highest BCUT2D eigenvalue weighted by molar-refractivity contribution is 9.10. The third-order valence-electron chi connectivity index (χ3n) is 3.65. The van der Waals surface area contributed by atoms with E-state index in [1.165, 1.54) is 18.9 Å². The summed E-state index contributed by atoms with van der Waals surface area (Å²) in [6.45, 7) is 0.111. The summed E-state index contributed by atoms with van der Waals surface area (Å²) in [7, 11) is 1.53. The largest absolute Gasteiger partial charge is 0.493 e. The molecule has 1 aliphatic rings. The van der Waals surface area contributed by atoms with Crippen molar-refractivity contribution in [3.63, 3.8) is 0 Å². The molecule has 1 saturated heterocycles. The molecule has 0 bridgehead atoms. The van der Waals surface area contributed by atoms with Crippen LogP contribution in [-0.4, -0.2) is 24.8 Å². The topological polar surface area (TPSA) is 59.9 Å². The standard InChI is InChI=1S/C20H13BrCl2N2O3S/c1-3-7-28-18-12(21)8-11(9-15(18)27-2)10-16-19(26)25-20(29-16)24-14-6-4-5-13(22)17(14)23/h1,4-6,8-10H,7H2,2H3,(H,24,25,26)/b16-10+. The number of ether oxygens (including phenoxy) is 2. The number of carbonyl (C=O) groups excluding carboxylic acids is 1. The van der Waals surface area contributed by atoms with E-state index in [1.54, 1.807) is 36.4 Å². The average Bonchev–Trinajstić information content (AvgIpc) is 3.03. The number of methoxy groups -OCH3 is 1. The molecule has 1 N–H and O–H groups in total. The molecular formula is C20H13BrCl2N2O3S. The fourth-order valence-corrected chi connectivity index (χ4v) is 4.14. The summed E-state index contributed by atoms with van der Waals surface area (Å²) >= 11 is 16.8. The lowest BCUT2D eigenvalue weighted by Crippen LogP contribution is -2.19. The molecule has 0 aliphatic carbocycles. The van der Waals surface area contributed by atoms with Crippen molar-refractivity contribution in [1.82, 2.24) is 5.32 Å². The summed E-state index contributed by atoms with van der Waals surface area (Å²) in [6.07, 6.45) is 6.97. The monoisotopic (exact) mass is 510 g/mol. The number of amidine groups is 1. The molecule has 29 heavy (non-hydrogen) atoms. The zero-order valence-corrected chi connectivity index (χ0v) is 18.9. The van der Waals surface area contributed by atoms with Crippen molar-refractivity contribution in [2.24, 2.45) is 4.99 Å². The molecule has 0 atom stereocenters. The van der Waals surface area contributed by atoms with E-state index in [2.05, 4.69) is 32.2 Å². The number of carbonyl (C=O) groups is 1. The van der Waals surface area contributed by atoms with Crippen molar-refractivity contribution in [2.75, 3.05) is 13.7 Å². The van der Waals surface area contributed by atoms with Crippen molar-refractivity contribution < 1.29 is 14.3 Å². The molecule has 0 spiro atoms. The zero-order valence-electron chi connectivity index (χ0n) is 15.0. The van der Waals surface area contributed by atoms with Gasteiger partial charge < -0.3 is 14.8 Å². The number of benzene rings is 2. The van der Waals surface area contributed by atoms with Gasteiger partial charge in [-0.05, 0) is 63.6 Å². The number of hydrogen-bond donors (Lipinski definition) is 1. The summed E-state index contributed by atoms with van der Waals surface area (Å²) in [5.74, 6) is 3.12. The van der Waals surface area contributed by atoms with E-state index >= 15 is 0 Å². The van der Waals surface area contributed by atoms with Crippen LogP contribution in [-0.2, 0) is 4.79 Å². The maximum absolute atomic E-state index is 12.3. The number of hydrogen-bond acceptors (Lipinski definition) is 5. The van der Waals surface area contributed by atoms with Gasteiger partial charge in [-0.1, -0.05) is 35.2 Å². The maximum atomic E-state index is 12.3. The van der Waals surface area contributed by atoms with Crippen molar-refractivity contribution >= 4 is 73.7 Å². The molecule has 1 aliphatic heterocycles. The Hall–Kier alpha value is -2.11. The molecule has 2 aromatic rings. The number of aliphatic imine (C=N–C) groups is 1. The third-order valence-corrected chi connectivity index (χ3v) is 5.96. The number of terminal acetylenes is 1. The lowest BCUT2D eigenvalue weighted by atomic mass is 10.2. The van der Waals surface area contributed by atoms with Gasteiger partial charge in [-0.2, -0.15) is 0 Å². The quantitative estimate of drug-likeness (QED) is 0.415. The second-order valence-corrected chi connectivity index (χ2v) is 8.25. The molecule has 0 unspecified atom stereocenters.